The molecule has 3 N–H and O–H groups in total. The second kappa shape index (κ2) is 3.04. The number of hydrogen-bond acceptors (Lipinski definition) is 4. The average molecular weight is 181 g/mol. The maximum atomic E-state index is 11.6. The van der Waals surface area contributed by atoms with Crippen LogP contribution in [0, 0.1) is 0 Å². The van der Waals surface area contributed by atoms with Gasteiger partial charge in [-0.3, -0.25) is 4.79 Å². The molecule has 70 valence electrons. The van der Waals surface area contributed by atoms with Crippen LogP contribution in [0.15, 0.2) is 0 Å². The van der Waals surface area contributed by atoms with E-state index in [1.165, 1.54) is 0 Å². The van der Waals surface area contributed by atoms with Crippen LogP contribution in [0.5, 0.6) is 0 Å². The Morgan fingerprint density at radius 1 is 1.38 bits per heavy atom. The van der Waals surface area contributed by atoms with Crippen molar-refractivity contribution in [1.82, 2.24) is 20.1 Å². The molecule has 2 heterocycles. The van der Waals surface area contributed by atoms with Crippen LogP contribution in [0.4, 0.5) is 5.95 Å². The fourth-order valence-electron chi connectivity index (χ4n) is 1.44. The van der Waals surface area contributed by atoms with Gasteiger partial charge in [0.2, 0.25) is 11.8 Å². The molecule has 1 aromatic heterocycles. The normalized spacial score (nSPS) is 16.5. The van der Waals surface area contributed by atoms with Gasteiger partial charge in [0.05, 0.1) is 0 Å². The largest absolute Gasteiger partial charge is 0.368 e. The van der Waals surface area contributed by atoms with Gasteiger partial charge in [-0.25, -0.2) is 0 Å². The summed E-state index contributed by atoms with van der Waals surface area (Å²) in [7, 11) is 0. The zero-order valence-corrected chi connectivity index (χ0v) is 7.16. The number of carbonyl (C=O) groups is 1. The lowest BCUT2D eigenvalue weighted by atomic mass is 10.4. The van der Waals surface area contributed by atoms with Crippen molar-refractivity contribution in [3.8, 4) is 0 Å². The second-order valence-corrected chi connectivity index (χ2v) is 3.06. The Hall–Kier alpha value is -1.59. The van der Waals surface area contributed by atoms with Crippen molar-refractivity contribution in [2.45, 2.75) is 12.8 Å². The Labute approximate surface area is 75.1 Å². The van der Waals surface area contributed by atoms with Crippen LogP contribution in [0.3, 0.4) is 0 Å². The van der Waals surface area contributed by atoms with Crippen LogP contribution in [0.2, 0.25) is 0 Å². The quantitative estimate of drug-likeness (QED) is 0.618. The molecule has 6 heteroatoms. The monoisotopic (exact) mass is 181 g/mol. The fraction of sp³-hybridized carbons (Fsp3) is 0.571. The molecule has 0 radical (unpaired) electrons. The van der Waals surface area contributed by atoms with Crippen LogP contribution in [-0.2, 0) is 0 Å². The number of hydrogen-bond donors (Lipinski definition) is 2. The van der Waals surface area contributed by atoms with E-state index in [0.717, 1.165) is 25.9 Å². The molecule has 0 bridgehead atoms. The van der Waals surface area contributed by atoms with E-state index in [1.807, 2.05) is 0 Å². The third-order valence-corrected chi connectivity index (χ3v) is 2.10. The SMILES string of the molecule is Nc1nnc(C(=O)N2CCCC2)[nH]1. The van der Waals surface area contributed by atoms with Crippen LogP contribution in [0.25, 0.3) is 0 Å². The number of rotatable bonds is 1. The number of aromatic nitrogens is 3. The lowest BCUT2D eigenvalue weighted by Crippen LogP contribution is -2.28. The van der Waals surface area contributed by atoms with E-state index in [4.69, 9.17) is 5.73 Å². The fourth-order valence-corrected chi connectivity index (χ4v) is 1.44. The minimum absolute atomic E-state index is 0.110. The van der Waals surface area contributed by atoms with E-state index < -0.39 is 0 Å². The topological polar surface area (TPSA) is 87.9 Å². The van der Waals surface area contributed by atoms with Crippen molar-refractivity contribution in [1.29, 1.82) is 0 Å². The molecule has 1 saturated heterocycles. The van der Waals surface area contributed by atoms with Crippen LogP contribution in [0.1, 0.15) is 23.5 Å². The summed E-state index contributed by atoms with van der Waals surface area (Å²) in [5, 5.41) is 7.17. The highest BCUT2D eigenvalue weighted by Crippen LogP contribution is 2.10. The summed E-state index contributed by atoms with van der Waals surface area (Å²) in [6.45, 7) is 1.61. The van der Waals surface area contributed by atoms with Crippen molar-refractivity contribution < 1.29 is 4.79 Å². The number of H-pyrrole nitrogens is 1. The Morgan fingerprint density at radius 2 is 2.08 bits per heavy atom. The summed E-state index contributed by atoms with van der Waals surface area (Å²) >= 11 is 0. The third kappa shape index (κ3) is 1.47. The first-order chi connectivity index (χ1) is 6.27. The van der Waals surface area contributed by atoms with E-state index in [9.17, 15) is 4.79 Å². The number of likely N-dealkylation sites (tertiary alicyclic amines) is 1. The number of nitrogens with two attached hydrogens (primary N) is 1. The van der Waals surface area contributed by atoms with Gasteiger partial charge in [0.15, 0.2) is 0 Å². The van der Waals surface area contributed by atoms with E-state index >= 15 is 0 Å². The molecular formula is C7H11N5O. The highest BCUT2D eigenvalue weighted by atomic mass is 16.2. The maximum absolute atomic E-state index is 11.6. The summed E-state index contributed by atoms with van der Waals surface area (Å²) in [6.07, 6.45) is 2.13. The number of aromatic amines is 1. The predicted octanol–water partition coefficient (Wildman–Crippen LogP) is -0.377. The first-order valence-corrected chi connectivity index (χ1v) is 4.25. The number of nitrogen functional groups attached to an aromatic ring is 1. The summed E-state index contributed by atoms with van der Waals surface area (Å²) in [6, 6.07) is 0. The lowest BCUT2D eigenvalue weighted by Gasteiger charge is -2.11. The Kier molecular flexibility index (Phi) is 1.88. The molecule has 0 spiro atoms. The minimum Gasteiger partial charge on any atom is -0.368 e. The van der Waals surface area contributed by atoms with Gasteiger partial charge in [0.1, 0.15) is 0 Å². The predicted molar refractivity (Wildman–Crippen MR) is 45.9 cm³/mol. The Balaban J connectivity index is 2.12. The average Bonchev–Trinajstić information content (AvgIpc) is 2.72. The van der Waals surface area contributed by atoms with E-state index in [2.05, 4.69) is 15.2 Å². The minimum atomic E-state index is -0.110. The van der Waals surface area contributed by atoms with Gasteiger partial charge in [0.25, 0.3) is 5.91 Å². The molecule has 13 heavy (non-hydrogen) atoms. The molecule has 0 aromatic carbocycles. The van der Waals surface area contributed by atoms with Crippen molar-refractivity contribution in [3.63, 3.8) is 0 Å². The first-order valence-electron chi connectivity index (χ1n) is 4.25. The smallest absolute Gasteiger partial charge is 0.291 e. The van der Waals surface area contributed by atoms with Gasteiger partial charge in [0, 0.05) is 13.1 Å². The van der Waals surface area contributed by atoms with Gasteiger partial charge in [-0.05, 0) is 12.8 Å². The number of amides is 1. The molecule has 2 rings (SSSR count). The molecule has 0 aliphatic carbocycles. The highest BCUT2D eigenvalue weighted by molar-refractivity contribution is 5.90. The third-order valence-electron chi connectivity index (χ3n) is 2.10. The van der Waals surface area contributed by atoms with Crippen molar-refractivity contribution >= 4 is 11.9 Å². The van der Waals surface area contributed by atoms with Crippen LogP contribution < -0.4 is 5.73 Å². The second-order valence-electron chi connectivity index (χ2n) is 3.06. The zero-order valence-electron chi connectivity index (χ0n) is 7.16. The number of nitrogens with zero attached hydrogens (tertiary/aromatic N) is 3. The standard InChI is InChI=1S/C7H11N5O/c8-7-9-5(10-11-7)6(13)12-3-1-2-4-12/h1-4H2,(H3,8,9,10,11). The van der Waals surface area contributed by atoms with E-state index in [1.54, 1.807) is 4.90 Å². The van der Waals surface area contributed by atoms with Crippen LogP contribution in [-0.4, -0.2) is 39.1 Å². The molecule has 1 aromatic rings. The molecular weight excluding hydrogens is 170 g/mol. The molecule has 0 unspecified atom stereocenters. The number of nitrogens with one attached hydrogen (secondary N) is 1. The molecule has 1 fully saturated rings. The van der Waals surface area contributed by atoms with E-state index in [0.29, 0.717) is 0 Å². The van der Waals surface area contributed by atoms with Crippen LogP contribution >= 0.6 is 0 Å². The molecule has 1 aliphatic rings. The van der Waals surface area contributed by atoms with Crippen molar-refractivity contribution in [3.05, 3.63) is 5.82 Å². The number of anilines is 1. The highest BCUT2D eigenvalue weighted by Gasteiger charge is 2.21. The molecule has 1 aliphatic heterocycles. The summed E-state index contributed by atoms with van der Waals surface area (Å²) in [5.74, 6) is 0.309. The number of carbonyl (C=O) groups excluding carboxylic acids is 1. The van der Waals surface area contributed by atoms with Gasteiger partial charge in [-0.1, -0.05) is 0 Å². The van der Waals surface area contributed by atoms with Gasteiger partial charge in [-0.2, -0.15) is 0 Å². The summed E-state index contributed by atoms with van der Waals surface area (Å²) in [5.41, 5.74) is 5.32. The zero-order chi connectivity index (χ0) is 9.26. The Morgan fingerprint density at radius 3 is 2.62 bits per heavy atom. The summed E-state index contributed by atoms with van der Waals surface area (Å²) in [4.78, 5) is 16.0. The molecule has 6 nitrogen and oxygen atoms in total. The van der Waals surface area contributed by atoms with Crippen molar-refractivity contribution in [2.24, 2.45) is 0 Å². The molecule has 0 atom stereocenters. The first kappa shape index (κ1) is 8.03. The van der Waals surface area contributed by atoms with Gasteiger partial charge in [-0.15, -0.1) is 10.2 Å². The lowest BCUT2D eigenvalue weighted by molar-refractivity contribution is 0.0781. The van der Waals surface area contributed by atoms with Crippen molar-refractivity contribution in [2.75, 3.05) is 18.8 Å². The molecule has 1 amide bonds. The van der Waals surface area contributed by atoms with Gasteiger partial charge >= 0.3 is 0 Å². The van der Waals surface area contributed by atoms with E-state index in [-0.39, 0.29) is 17.7 Å². The van der Waals surface area contributed by atoms with Gasteiger partial charge < -0.3 is 15.6 Å². The summed E-state index contributed by atoms with van der Waals surface area (Å²) < 4.78 is 0. The maximum Gasteiger partial charge on any atom is 0.291 e. The molecule has 0 saturated carbocycles. The Bertz CT molecular complexity index is 314.